The minimum Gasteiger partial charge on any atom is -0.381 e. The third-order valence-electron chi connectivity index (χ3n) is 4.88. The molecule has 0 spiro atoms. The van der Waals surface area contributed by atoms with Gasteiger partial charge in [0.25, 0.3) is 5.91 Å². The van der Waals surface area contributed by atoms with E-state index >= 15 is 0 Å². The number of carbonyl (C=O) groups excluding carboxylic acids is 2. The first-order valence-corrected chi connectivity index (χ1v) is 8.59. The first-order chi connectivity index (χ1) is 11.6. The molecular formula is C18H26ClN3O3. The van der Waals surface area contributed by atoms with Crippen molar-refractivity contribution in [3.05, 3.63) is 35.4 Å². The molecule has 2 aliphatic rings. The maximum Gasteiger partial charge on any atom is 0.251 e. The smallest absolute Gasteiger partial charge is 0.251 e. The second kappa shape index (κ2) is 8.65. The Morgan fingerprint density at radius 2 is 1.96 bits per heavy atom. The van der Waals surface area contributed by atoms with Gasteiger partial charge in [-0.3, -0.25) is 9.59 Å². The number of rotatable bonds is 6. The minimum atomic E-state index is -0.529. The molecule has 1 aromatic rings. The Balaban J connectivity index is 0.00000225. The molecular weight excluding hydrogens is 342 g/mol. The number of hydrogen-bond donors (Lipinski definition) is 3. The van der Waals surface area contributed by atoms with E-state index < -0.39 is 5.41 Å². The van der Waals surface area contributed by atoms with Gasteiger partial charge >= 0.3 is 0 Å². The van der Waals surface area contributed by atoms with E-state index in [1.165, 1.54) is 0 Å². The van der Waals surface area contributed by atoms with E-state index in [-0.39, 0.29) is 24.2 Å². The molecule has 0 unspecified atom stereocenters. The van der Waals surface area contributed by atoms with Crippen molar-refractivity contribution in [1.82, 2.24) is 10.6 Å². The van der Waals surface area contributed by atoms with Gasteiger partial charge in [0.05, 0.1) is 5.41 Å². The highest BCUT2D eigenvalue weighted by molar-refractivity contribution is 5.94. The Kier molecular flexibility index (Phi) is 6.81. The van der Waals surface area contributed by atoms with Crippen LogP contribution in [0.4, 0.5) is 0 Å². The van der Waals surface area contributed by atoms with Crippen LogP contribution in [0.3, 0.4) is 0 Å². The van der Waals surface area contributed by atoms with Gasteiger partial charge in [-0.1, -0.05) is 12.1 Å². The Labute approximate surface area is 154 Å². The number of carbonyl (C=O) groups is 2. The van der Waals surface area contributed by atoms with Crippen LogP contribution in [0.2, 0.25) is 0 Å². The number of ether oxygens (including phenoxy) is 1. The van der Waals surface area contributed by atoms with Crippen molar-refractivity contribution in [2.45, 2.75) is 38.3 Å². The lowest BCUT2D eigenvalue weighted by atomic mass is 9.79. The number of nitrogens with two attached hydrogens (primary N) is 1. The Hall–Kier alpha value is -1.63. The van der Waals surface area contributed by atoms with Gasteiger partial charge in [0, 0.05) is 37.9 Å². The zero-order valence-electron chi connectivity index (χ0n) is 14.3. The van der Waals surface area contributed by atoms with Gasteiger partial charge in [0.2, 0.25) is 5.91 Å². The molecule has 1 aliphatic carbocycles. The maximum atomic E-state index is 12.6. The highest BCUT2D eigenvalue weighted by Crippen LogP contribution is 2.29. The van der Waals surface area contributed by atoms with E-state index in [0.29, 0.717) is 50.8 Å². The summed E-state index contributed by atoms with van der Waals surface area (Å²) in [6.45, 7) is 1.86. The first-order valence-electron chi connectivity index (χ1n) is 8.59. The van der Waals surface area contributed by atoms with Gasteiger partial charge < -0.3 is 21.1 Å². The summed E-state index contributed by atoms with van der Waals surface area (Å²) >= 11 is 0. The summed E-state index contributed by atoms with van der Waals surface area (Å²) in [5.41, 5.74) is 6.87. The van der Waals surface area contributed by atoms with E-state index in [0.717, 1.165) is 18.4 Å². The fraction of sp³-hybridized carbons (Fsp3) is 0.556. The molecule has 1 aliphatic heterocycles. The van der Waals surface area contributed by atoms with Crippen LogP contribution < -0.4 is 16.4 Å². The normalized spacial score (nSPS) is 18.8. The summed E-state index contributed by atoms with van der Waals surface area (Å²) in [4.78, 5) is 24.7. The zero-order valence-corrected chi connectivity index (χ0v) is 15.1. The molecule has 0 radical (unpaired) electrons. The molecule has 1 heterocycles. The van der Waals surface area contributed by atoms with Gasteiger partial charge in [-0.2, -0.15) is 0 Å². The Morgan fingerprint density at radius 1 is 1.24 bits per heavy atom. The van der Waals surface area contributed by atoms with Crippen LogP contribution in [0.25, 0.3) is 0 Å². The fourth-order valence-electron chi connectivity index (χ4n) is 2.97. The van der Waals surface area contributed by atoms with Gasteiger partial charge in [-0.05, 0) is 43.4 Å². The summed E-state index contributed by atoms with van der Waals surface area (Å²) < 4.78 is 5.34. The number of halogens is 1. The average molecular weight is 368 g/mol. The second-order valence-corrected chi connectivity index (χ2v) is 6.73. The maximum absolute atomic E-state index is 12.6. The van der Waals surface area contributed by atoms with Crippen molar-refractivity contribution in [3.8, 4) is 0 Å². The number of hydrogen-bond acceptors (Lipinski definition) is 4. The van der Waals surface area contributed by atoms with Gasteiger partial charge in [-0.15, -0.1) is 12.4 Å². The third kappa shape index (κ3) is 4.93. The zero-order chi connectivity index (χ0) is 17.0. The van der Waals surface area contributed by atoms with Crippen molar-refractivity contribution >= 4 is 24.2 Å². The van der Waals surface area contributed by atoms with Crippen molar-refractivity contribution in [3.63, 3.8) is 0 Å². The number of amides is 2. The molecule has 7 heteroatoms. The molecule has 0 atom stereocenters. The van der Waals surface area contributed by atoms with Gasteiger partial charge in [0.15, 0.2) is 0 Å². The minimum absolute atomic E-state index is 0. The first kappa shape index (κ1) is 19.7. The molecule has 1 aromatic carbocycles. The summed E-state index contributed by atoms with van der Waals surface area (Å²) in [6.07, 6.45) is 3.43. The highest BCUT2D eigenvalue weighted by atomic mass is 35.5. The Bertz CT molecular complexity index is 613. The van der Waals surface area contributed by atoms with Crippen LogP contribution in [-0.4, -0.2) is 37.6 Å². The van der Waals surface area contributed by atoms with Crippen LogP contribution in [0.5, 0.6) is 0 Å². The van der Waals surface area contributed by atoms with Gasteiger partial charge in [0.1, 0.15) is 0 Å². The summed E-state index contributed by atoms with van der Waals surface area (Å²) in [5, 5.41) is 5.95. The average Bonchev–Trinajstić information content (AvgIpc) is 3.44. The van der Waals surface area contributed by atoms with E-state index in [1.807, 2.05) is 18.2 Å². The predicted molar refractivity (Wildman–Crippen MR) is 97.6 cm³/mol. The number of nitrogens with one attached hydrogen (secondary N) is 2. The SMILES string of the molecule is Cl.NCC1(C(=O)NCc2cccc(C(=O)NC3CC3)c2)CCOCC1. The van der Waals surface area contributed by atoms with Gasteiger partial charge in [-0.25, -0.2) is 0 Å². The molecule has 1 saturated carbocycles. The molecule has 25 heavy (non-hydrogen) atoms. The van der Waals surface area contributed by atoms with Crippen LogP contribution in [0.15, 0.2) is 24.3 Å². The number of benzene rings is 1. The van der Waals surface area contributed by atoms with E-state index in [4.69, 9.17) is 10.5 Å². The lowest BCUT2D eigenvalue weighted by Crippen LogP contribution is -2.48. The summed E-state index contributed by atoms with van der Waals surface area (Å²) in [6, 6.07) is 7.71. The molecule has 2 fully saturated rings. The Morgan fingerprint density at radius 3 is 2.60 bits per heavy atom. The van der Waals surface area contributed by atoms with Crippen LogP contribution in [0.1, 0.15) is 41.6 Å². The third-order valence-corrected chi connectivity index (χ3v) is 4.88. The van der Waals surface area contributed by atoms with Crippen molar-refractivity contribution in [2.75, 3.05) is 19.8 Å². The van der Waals surface area contributed by atoms with Crippen molar-refractivity contribution < 1.29 is 14.3 Å². The monoisotopic (exact) mass is 367 g/mol. The lowest BCUT2D eigenvalue weighted by molar-refractivity contribution is -0.136. The fourth-order valence-corrected chi connectivity index (χ4v) is 2.97. The molecule has 2 amide bonds. The van der Waals surface area contributed by atoms with E-state index in [9.17, 15) is 9.59 Å². The largest absolute Gasteiger partial charge is 0.381 e. The molecule has 138 valence electrons. The molecule has 1 saturated heterocycles. The summed E-state index contributed by atoms with van der Waals surface area (Å²) in [5.74, 6) is -0.0744. The van der Waals surface area contributed by atoms with Crippen LogP contribution in [-0.2, 0) is 16.1 Å². The molecule has 4 N–H and O–H groups in total. The van der Waals surface area contributed by atoms with Crippen LogP contribution in [0, 0.1) is 5.41 Å². The molecule has 0 aromatic heterocycles. The topological polar surface area (TPSA) is 93.5 Å². The van der Waals surface area contributed by atoms with Crippen molar-refractivity contribution in [1.29, 1.82) is 0 Å². The predicted octanol–water partition coefficient (Wildman–Crippen LogP) is 1.37. The highest BCUT2D eigenvalue weighted by Gasteiger charge is 2.38. The van der Waals surface area contributed by atoms with Crippen LogP contribution >= 0.6 is 12.4 Å². The molecule has 0 bridgehead atoms. The van der Waals surface area contributed by atoms with E-state index in [2.05, 4.69) is 10.6 Å². The lowest BCUT2D eigenvalue weighted by Gasteiger charge is -2.34. The standard InChI is InChI=1S/C18H25N3O3.ClH/c19-12-18(6-8-24-9-7-18)17(23)20-11-13-2-1-3-14(10-13)16(22)21-15-4-5-15;/h1-3,10,15H,4-9,11-12,19H2,(H,20,23)(H,21,22);1H. The van der Waals surface area contributed by atoms with E-state index in [1.54, 1.807) is 6.07 Å². The molecule has 6 nitrogen and oxygen atoms in total. The van der Waals surface area contributed by atoms with Crippen molar-refractivity contribution in [2.24, 2.45) is 11.1 Å². The second-order valence-electron chi connectivity index (χ2n) is 6.73. The molecule has 3 rings (SSSR count). The summed E-state index contributed by atoms with van der Waals surface area (Å²) in [7, 11) is 0. The quantitative estimate of drug-likeness (QED) is 0.708.